The van der Waals surface area contributed by atoms with Gasteiger partial charge in [0.2, 0.25) is 0 Å². The lowest BCUT2D eigenvalue weighted by molar-refractivity contribution is -0.191. The number of halogens is 1. The summed E-state index contributed by atoms with van der Waals surface area (Å²) in [5, 5.41) is 0. The van der Waals surface area contributed by atoms with Crippen molar-refractivity contribution >= 4 is 22.1 Å². The SMILES string of the molecule is Cc1ccc(CC(N)C(C)C)cc1Br.O=C=O. The lowest BCUT2D eigenvalue weighted by Gasteiger charge is -2.15. The number of benzene rings is 1. The molecule has 3 nitrogen and oxygen atoms in total. The van der Waals surface area contributed by atoms with Crippen molar-refractivity contribution in [1.82, 2.24) is 0 Å². The number of hydrogen-bond acceptors (Lipinski definition) is 3. The average Bonchev–Trinajstić information content (AvgIpc) is 2.24. The van der Waals surface area contributed by atoms with Gasteiger partial charge in [-0.15, -0.1) is 0 Å². The van der Waals surface area contributed by atoms with E-state index in [1.54, 1.807) is 0 Å². The molecule has 0 aromatic heterocycles. The molecule has 0 bridgehead atoms. The van der Waals surface area contributed by atoms with Gasteiger partial charge in [0.25, 0.3) is 0 Å². The number of hydrogen-bond donors (Lipinski definition) is 1. The van der Waals surface area contributed by atoms with E-state index in [1.807, 2.05) is 0 Å². The standard InChI is InChI=1S/C12H18BrN.CO2/c1-8(2)12(14)7-10-5-4-9(3)11(13)6-10;2-1-3/h4-6,8,12H,7,14H2,1-3H3;. The van der Waals surface area contributed by atoms with Crippen LogP contribution in [0, 0.1) is 12.8 Å². The minimum absolute atomic E-state index is 0.250. The van der Waals surface area contributed by atoms with E-state index in [-0.39, 0.29) is 12.2 Å². The molecule has 1 aromatic carbocycles. The van der Waals surface area contributed by atoms with Gasteiger partial charge in [0.1, 0.15) is 0 Å². The summed E-state index contributed by atoms with van der Waals surface area (Å²) in [5.74, 6) is 0.537. The zero-order valence-electron chi connectivity index (χ0n) is 10.4. The molecule has 0 aliphatic heterocycles. The van der Waals surface area contributed by atoms with Gasteiger partial charge < -0.3 is 5.73 Å². The van der Waals surface area contributed by atoms with E-state index in [2.05, 4.69) is 54.9 Å². The van der Waals surface area contributed by atoms with Gasteiger partial charge in [-0.2, -0.15) is 9.59 Å². The third kappa shape index (κ3) is 6.37. The Morgan fingerprint density at radius 2 is 1.88 bits per heavy atom. The Balaban J connectivity index is 0.000000770. The topological polar surface area (TPSA) is 60.2 Å². The summed E-state index contributed by atoms with van der Waals surface area (Å²) in [6.07, 6.45) is 1.20. The van der Waals surface area contributed by atoms with Crippen molar-refractivity contribution in [3.8, 4) is 0 Å². The lowest BCUT2D eigenvalue weighted by atomic mass is 9.97. The highest BCUT2D eigenvalue weighted by Gasteiger charge is 2.08. The fourth-order valence-electron chi connectivity index (χ4n) is 1.27. The fraction of sp³-hybridized carbons (Fsp3) is 0.462. The third-order valence-electron chi connectivity index (χ3n) is 2.56. The smallest absolute Gasteiger partial charge is 0.327 e. The molecule has 4 heteroatoms. The van der Waals surface area contributed by atoms with Crippen LogP contribution in [-0.2, 0) is 16.0 Å². The molecule has 94 valence electrons. The Bertz CT molecular complexity index is 385. The van der Waals surface area contributed by atoms with Crippen molar-refractivity contribution in [2.24, 2.45) is 11.7 Å². The first-order valence-corrected chi connectivity index (χ1v) is 6.21. The number of rotatable bonds is 3. The average molecular weight is 300 g/mol. The summed E-state index contributed by atoms with van der Waals surface area (Å²) in [6.45, 7) is 6.41. The second-order valence-corrected chi connectivity index (χ2v) is 5.13. The first-order chi connectivity index (χ1) is 7.92. The van der Waals surface area contributed by atoms with Gasteiger partial charge in [0, 0.05) is 10.5 Å². The zero-order chi connectivity index (χ0) is 13.4. The Morgan fingerprint density at radius 1 is 1.35 bits per heavy atom. The van der Waals surface area contributed by atoms with Crippen molar-refractivity contribution in [1.29, 1.82) is 0 Å². The molecule has 0 saturated carbocycles. The summed E-state index contributed by atoms with van der Waals surface area (Å²) in [7, 11) is 0. The van der Waals surface area contributed by atoms with Crippen LogP contribution in [0.3, 0.4) is 0 Å². The normalized spacial score (nSPS) is 11.4. The first kappa shape index (κ1) is 16.0. The van der Waals surface area contributed by atoms with E-state index in [0.29, 0.717) is 5.92 Å². The first-order valence-electron chi connectivity index (χ1n) is 5.42. The second kappa shape index (κ2) is 8.18. The van der Waals surface area contributed by atoms with Gasteiger partial charge in [-0.05, 0) is 36.5 Å². The van der Waals surface area contributed by atoms with E-state index < -0.39 is 0 Å². The molecule has 0 aliphatic carbocycles. The lowest BCUT2D eigenvalue weighted by Crippen LogP contribution is -2.28. The molecule has 1 unspecified atom stereocenters. The number of nitrogens with two attached hydrogens (primary N) is 1. The van der Waals surface area contributed by atoms with E-state index in [0.717, 1.165) is 6.42 Å². The second-order valence-electron chi connectivity index (χ2n) is 4.28. The molecular formula is C13H18BrNO2. The van der Waals surface area contributed by atoms with Crippen LogP contribution in [0.25, 0.3) is 0 Å². The molecule has 0 amide bonds. The maximum atomic E-state index is 8.12. The molecule has 0 heterocycles. The molecule has 0 saturated heterocycles. The zero-order valence-corrected chi connectivity index (χ0v) is 12.0. The number of aryl methyl sites for hydroxylation is 1. The van der Waals surface area contributed by atoms with Crippen molar-refractivity contribution in [3.05, 3.63) is 33.8 Å². The molecule has 1 rings (SSSR count). The van der Waals surface area contributed by atoms with Crippen LogP contribution in [0.4, 0.5) is 0 Å². The predicted molar refractivity (Wildman–Crippen MR) is 70.4 cm³/mol. The van der Waals surface area contributed by atoms with Gasteiger partial charge in [-0.1, -0.05) is 41.9 Å². The Morgan fingerprint density at radius 3 is 2.29 bits per heavy atom. The summed E-state index contributed by atoms with van der Waals surface area (Å²) < 4.78 is 1.17. The molecule has 2 N–H and O–H groups in total. The van der Waals surface area contributed by atoms with Crippen LogP contribution in [0.15, 0.2) is 22.7 Å². The monoisotopic (exact) mass is 299 g/mol. The van der Waals surface area contributed by atoms with Crippen molar-refractivity contribution < 1.29 is 9.59 Å². The molecule has 0 fully saturated rings. The summed E-state index contributed by atoms with van der Waals surface area (Å²) in [6, 6.07) is 6.71. The van der Waals surface area contributed by atoms with Crippen LogP contribution in [0.5, 0.6) is 0 Å². The van der Waals surface area contributed by atoms with Crippen LogP contribution in [0.2, 0.25) is 0 Å². The van der Waals surface area contributed by atoms with Crippen LogP contribution in [-0.4, -0.2) is 12.2 Å². The maximum Gasteiger partial charge on any atom is 0.373 e. The van der Waals surface area contributed by atoms with Gasteiger partial charge in [0.05, 0.1) is 0 Å². The Labute approximate surface area is 111 Å². The molecular weight excluding hydrogens is 282 g/mol. The van der Waals surface area contributed by atoms with E-state index >= 15 is 0 Å². The molecule has 1 aromatic rings. The number of carbonyl (C=O) groups excluding carboxylic acids is 2. The Hall–Kier alpha value is -0.960. The Kier molecular flexibility index (Phi) is 7.72. The van der Waals surface area contributed by atoms with Gasteiger partial charge >= 0.3 is 6.15 Å². The quantitative estimate of drug-likeness (QED) is 0.933. The van der Waals surface area contributed by atoms with E-state index in [9.17, 15) is 0 Å². The van der Waals surface area contributed by atoms with E-state index in [1.165, 1.54) is 15.6 Å². The summed E-state index contributed by atoms with van der Waals surface area (Å²) in [5.41, 5.74) is 8.60. The predicted octanol–water partition coefficient (Wildman–Crippen LogP) is 2.70. The van der Waals surface area contributed by atoms with Gasteiger partial charge in [-0.3, -0.25) is 0 Å². The van der Waals surface area contributed by atoms with Crippen LogP contribution < -0.4 is 5.73 Å². The highest BCUT2D eigenvalue weighted by atomic mass is 79.9. The van der Waals surface area contributed by atoms with Gasteiger partial charge in [-0.25, -0.2) is 0 Å². The minimum Gasteiger partial charge on any atom is -0.327 e. The summed E-state index contributed by atoms with van der Waals surface area (Å²) in [4.78, 5) is 16.2. The fourth-order valence-corrected chi connectivity index (χ4v) is 1.70. The van der Waals surface area contributed by atoms with Crippen molar-refractivity contribution in [2.75, 3.05) is 0 Å². The highest BCUT2D eigenvalue weighted by Crippen LogP contribution is 2.19. The van der Waals surface area contributed by atoms with Gasteiger partial charge in [0.15, 0.2) is 0 Å². The highest BCUT2D eigenvalue weighted by molar-refractivity contribution is 9.10. The molecule has 17 heavy (non-hydrogen) atoms. The molecule has 0 spiro atoms. The molecule has 0 aliphatic rings. The third-order valence-corrected chi connectivity index (χ3v) is 3.42. The summed E-state index contributed by atoms with van der Waals surface area (Å²) >= 11 is 3.53. The van der Waals surface area contributed by atoms with Crippen molar-refractivity contribution in [3.63, 3.8) is 0 Å². The minimum atomic E-state index is 0.250. The van der Waals surface area contributed by atoms with Crippen LogP contribution in [0.1, 0.15) is 25.0 Å². The van der Waals surface area contributed by atoms with Crippen LogP contribution >= 0.6 is 15.9 Å². The van der Waals surface area contributed by atoms with Crippen molar-refractivity contribution in [2.45, 2.75) is 33.2 Å². The maximum absolute atomic E-state index is 8.12. The molecule has 1 atom stereocenters. The van der Waals surface area contributed by atoms with E-state index in [4.69, 9.17) is 15.3 Å². The molecule has 0 radical (unpaired) electrons. The largest absolute Gasteiger partial charge is 0.373 e.